The van der Waals surface area contributed by atoms with Gasteiger partial charge in [-0.1, -0.05) is 25.5 Å². The summed E-state index contributed by atoms with van der Waals surface area (Å²) >= 11 is 0. The first kappa shape index (κ1) is 20.9. The molecule has 172 valence electrons. The van der Waals surface area contributed by atoms with Gasteiger partial charge in [-0.25, -0.2) is 4.68 Å². The average Bonchev–Trinajstić information content (AvgIpc) is 3.43. The highest BCUT2D eigenvalue weighted by molar-refractivity contribution is 5.91. The standard InChI is InChI=1S/C29H34N2O2/c1-28-15-12-21(32)18-19(28)4-9-23-24-10-11-26(29(24,2)16-13-25(23)28)27-14-17-30-31(27)20-5-7-22(33-3)8-6-20/h5-8,11,14,17-18,23-25H,4,9-10,12-13,15-16H2,1-3H3/t23-,24-,25-,28-,29-/m0/s1. The Morgan fingerprint density at radius 2 is 1.82 bits per heavy atom. The number of hydrogen-bond acceptors (Lipinski definition) is 3. The summed E-state index contributed by atoms with van der Waals surface area (Å²) in [4.78, 5) is 12.1. The average molecular weight is 443 g/mol. The number of rotatable bonds is 3. The van der Waals surface area contributed by atoms with E-state index in [2.05, 4.69) is 42.8 Å². The van der Waals surface area contributed by atoms with E-state index < -0.39 is 0 Å². The number of aromatic nitrogens is 2. The van der Waals surface area contributed by atoms with E-state index in [1.54, 1.807) is 7.11 Å². The Kier molecular flexibility index (Phi) is 4.73. The fourth-order valence-electron chi connectivity index (χ4n) is 7.96. The number of allylic oxidation sites excluding steroid dienone is 4. The van der Waals surface area contributed by atoms with Gasteiger partial charge in [-0.3, -0.25) is 4.79 Å². The van der Waals surface area contributed by atoms with Crippen molar-refractivity contribution in [1.82, 2.24) is 9.78 Å². The predicted molar refractivity (Wildman–Crippen MR) is 130 cm³/mol. The number of carbonyl (C=O) groups excluding carboxylic acids is 1. The third-order valence-corrected chi connectivity index (χ3v) is 9.78. The predicted octanol–water partition coefficient (Wildman–Crippen LogP) is 6.41. The van der Waals surface area contributed by atoms with E-state index in [9.17, 15) is 4.79 Å². The van der Waals surface area contributed by atoms with Crippen LogP contribution in [0.4, 0.5) is 0 Å². The van der Waals surface area contributed by atoms with Crippen LogP contribution in [0.5, 0.6) is 5.75 Å². The molecule has 4 nitrogen and oxygen atoms in total. The van der Waals surface area contributed by atoms with E-state index in [1.807, 2.05) is 24.4 Å². The van der Waals surface area contributed by atoms with Crippen LogP contribution in [0, 0.1) is 28.6 Å². The molecule has 6 rings (SSSR count). The van der Waals surface area contributed by atoms with Crippen molar-refractivity contribution in [2.45, 2.75) is 58.8 Å². The van der Waals surface area contributed by atoms with Crippen LogP contribution in [-0.4, -0.2) is 22.7 Å². The Morgan fingerprint density at radius 3 is 2.61 bits per heavy atom. The molecule has 0 aliphatic heterocycles. The number of nitrogens with zero attached hydrogens (tertiary/aromatic N) is 2. The largest absolute Gasteiger partial charge is 0.497 e. The molecule has 0 unspecified atom stereocenters. The van der Waals surface area contributed by atoms with Gasteiger partial charge in [0.2, 0.25) is 0 Å². The van der Waals surface area contributed by atoms with Crippen molar-refractivity contribution in [3.05, 3.63) is 59.9 Å². The van der Waals surface area contributed by atoms with Crippen LogP contribution in [0.15, 0.2) is 54.3 Å². The molecule has 4 aliphatic carbocycles. The molecule has 1 aromatic carbocycles. The Hall–Kier alpha value is -2.62. The van der Waals surface area contributed by atoms with Crippen molar-refractivity contribution in [2.75, 3.05) is 7.11 Å². The second-order valence-electron chi connectivity index (χ2n) is 11.1. The molecule has 0 bridgehead atoms. The lowest BCUT2D eigenvalue weighted by Gasteiger charge is -2.57. The monoisotopic (exact) mass is 442 g/mol. The minimum absolute atomic E-state index is 0.188. The van der Waals surface area contributed by atoms with Gasteiger partial charge in [0.05, 0.1) is 24.7 Å². The van der Waals surface area contributed by atoms with E-state index in [0.29, 0.717) is 17.6 Å². The van der Waals surface area contributed by atoms with Crippen molar-refractivity contribution in [2.24, 2.45) is 28.6 Å². The molecule has 1 heterocycles. The number of methoxy groups -OCH3 is 1. The molecule has 5 atom stereocenters. The summed E-state index contributed by atoms with van der Waals surface area (Å²) in [6.07, 6.45) is 14.2. The summed E-state index contributed by atoms with van der Waals surface area (Å²) in [6.45, 7) is 4.98. The van der Waals surface area contributed by atoms with Crippen molar-refractivity contribution >= 4 is 11.4 Å². The normalized spacial score (nSPS) is 35.2. The van der Waals surface area contributed by atoms with Crippen LogP contribution in [0.2, 0.25) is 0 Å². The van der Waals surface area contributed by atoms with Gasteiger partial charge in [0.1, 0.15) is 5.75 Å². The SMILES string of the molecule is COc1ccc(-n2nccc2C2=CC[C@H]3[C@@H]4CCC5=CC(=O)CC[C@]5(C)[C@H]4CC[C@]23C)cc1. The van der Waals surface area contributed by atoms with Gasteiger partial charge in [0, 0.05) is 6.42 Å². The first-order valence-corrected chi connectivity index (χ1v) is 12.6. The zero-order valence-electron chi connectivity index (χ0n) is 20.0. The molecule has 4 aliphatic rings. The molecule has 0 saturated heterocycles. The molecule has 4 heteroatoms. The smallest absolute Gasteiger partial charge is 0.155 e. The molecule has 2 aromatic rings. The molecular weight excluding hydrogens is 408 g/mol. The minimum atomic E-state index is 0.188. The van der Waals surface area contributed by atoms with Gasteiger partial charge in [-0.15, -0.1) is 0 Å². The summed E-state index contributed by atoms with van der Waals surface area (Å²) in [6, 6.07) is 10.4. The maximum Gasteiger partial charge on any atom is 0.155 e. The highest BCUT2D eigenvalue weighted by atomic mass is 16.5. The lowest BCUT2D eigenvalue weighted by atomic mass is 9.47. The quantitative estimate of drug-likeness (QED) is 0.552. The molecular formula is C29H34N2O2. The van der Waals surface area contributed by atoms with Gasteiger partial charge in [0.15, 0.2) is 5.78 Å². The molecule has 33 heavy (non-hydrogen) atoms. The van der Waals surface area contributed by atoms with Crippen molar-refractivity contribution in [3.8, 4) is 11.4 Å². The van der Waals surface area contributed by atoms with Crippen LogP contribution in [0.25, 0.3) is 11.3 Å². The minimum Gasteiger partial charge on any atom is -0.497 e. The summed E-state index contributed by atoms with van der Waals surface area (Å²) in [7, 11) is 1.70. The summed E-state index contributed by atoms with van der Waals surface area (Å²) < 4.78 is 7.44. The number of fused-ring (bicyclic) bond motifs is 5. The fourth-order valence-corrected chi connectivity index (χ4v) is 7.96. The van der Waals surface area contributed by atoms with E-state index >= 15 is 0 Å². The summed E-state index contributed by atoms with van der Waals surface area (Å²) in [5, 5.41) is 4.70. The number of ether oxygens (including phenoxy) is 1. The second kappa shape index (κ2) is 7.44. The second-order valence-corrected chi connectivity index (χ2v) is 11.1. The molecule has 0 N–H and O–H groups in total. The van der Waals surface area contributed by atoms with Crippen LogP contribution in [-0.2, 0) is 4.79 Å². The van der Waals surface area contributed by atoms with E-state index in [4.69, 9.17) is 9.84 Å². The molecule has 0 amide bonds. The molecule has 1 aromatic heterocycles. The van der Waals surface area contributed by atoms with E-state index in [0.717, 1.165) is 43.0 Å². The Morgan fingerprint density at radius 1 is 1.00 bits per heavy atom. The van der Waals surface area contributed by atoms with Crippen molar-refractivity contribution in [1.29, 1.82) is 0 Å². The lowest BCUT2D eigenvalue weighted by molar-refractivity contribution is -0.117. The van der Waals surface area contributed by atoms with Gasteiger partial charge >= 0.3 is 0 Å². The first-order valence-electron chi connectivity index (χ1n) is 12.6. The number of ketones is 1. The Balaban J connectivity index is 1.32. The van der Waals surface area contributed by atoms with E-state index in [-0.39, 0.29) is 10.8 Å². The van der Waals surface area contributed by atoms with Gasteiger partial charge in [-0.2, -0.15) is 5.10 Å². The topological polar surface area (TPSA) is 44.1 Å². The molecule has 0 spiro atoms. The van der Waals surface area contributed by atoms with Crippen molar-refractivity contribution in [3.63, 3.8) is 0 Å². The zero-order chi connectivity index (χ0) is 22.8. The highest BCUT2D eigenvalue weighted by Crippen LogP contribution is 2.66. The number of benzene rings is 1. The van der Waals surface area contributed by atoms with E-state index in [1.165, 1.54) is 36.1 Å². The summed E-state index contributed by atoms with van der Waals surface area (Å²) in [5.74, 6) is 3.34. The first-order chi connectivity index (χ1) is 15.9. The Bertz CT molecular complexity index is 1160. The number of carbonyl (C=O) groups is 1. The molecule has 0 radical (unpaired) electrons. The van der Waals surface area contributed by atoms with Crippen LogP contribution in [0.1, 0.15) is 64.5 Å². The summed E-state index contributed by atoms with van der Waals surface area (Å²) in [5.41, 5.74) is 5.65. The fraction of sp³-hybridized carbons (Fsp3) is 0.517. The lowest BCUT2D eigenvalue weighted by Crippen LogP contribution is -2.49. The van der Waals surface area contributed by atoms with Crippen molar-refractivity contribution < 1.29 is 9.53 Å². The van der Waals surface area contributed by atoms with Crippen LogP contribution < -0.4 is 4.74 Å². The molecule has 2 fully saturated rings. The molecule has 2 saturated carbocycles. The van der Waals surface area contributed by atoms with Gasteiger partial charge in [0.25, 0.3) is 0 Å². The van der Waals surface area contributed by atoms with Crippen LogP contribution >= 0.6 is 0 Å². The third kappa shape index (κ3) is 3.02. The maximum absolute atomic E-state index is 12.1. The van der Waals surface area contributed by atoms with Crippen LogP contribution in [0.3, 0.4) is 0 Å². The number of hydrogen-bond donors (Lipinski definition) is 0. The van der Waals surface area contributed by atoms with Gasteiger partial charge < -0.3 is 4.74 Å². The maximum atomic E-state index is 12.1. The zero-order valence-corrected chi connectivity index (χ0v) is 20.0. The third-order valence-electron chi connectivity index (χ3n) is 9.78. The highest BCUT2D eigenvalue weighted by Gasteiger charge is 2.57. The Labute approximate surface area is 196 Å². The van der Waals surface area contributed by atoms with Gasteiger partial charge in [-0.05, 0) is 109 Å².